The molecule has 8 nitrogen and oxygen atoms in total. The maximum absolute atomic E-state index is 13.6. The van der Waals surface area contributed by atoms with Gasteiger partial charge in [0.2, 0.25) is 5.84 Å². The molecule has 0 saturated heterocycles. The van der Waals surface area contributed by atoms with E-state index >= 15 is 0 Å². The van der Waals surface area contributed by atoms with E-state index in [0.717, 1.165) is 22.4 Å². The van der Waals surface area contributed by atoms with Crippen molar-refractivity contribution in [2.24, 2.45) is 10.1 Å². The number of benzene rings is 4. The van der Waals surface area contributed by atoms with Crippen molar-refractivity contribution in [1.82, 2.24) is 4.98 Å². The molecule has 1 aliphatic heterocycles. The van der Waals surface area contributed by atoms with Crippen LogP contribution in [0.4, 0.5) is 17.2 Å². The molecule has 0 bridgehead atoms. The van der Waals surface area contributed by atoms with Gasteiger partial charge in [0, 0.05) is 16.7 Å². The lowest BCUT2D eigenvalue weighted by Crippen LogP contribution is -2.34. The van der Waals surface area contributed by atoms with Gasteiger partial charge >= 0.3 is 5.91 Å². The van der Waals surface area contributed by atoms with Gasteiger partial charge in [-0.05, 0) is 35.9 Å². The highest BCUT2D eigenvalue weighted by Crippen LogP contribution is 2.32. The summed E-state index contributed by atoms with van der Waals surface area (Å²) in [5.41, 5.74) is 14.6. The molecule has 0 unspecified atom stereocenters. The molecule has 6 rings (SSSR count). The molecule has 1 amide bonds. The third kappa shape index (κ3) is 5.03. The van der Waals surface area contributed by atoms with Crippen LogP contribution in [0.2, 0.25) is 0 Å². The minimum absolute atomic E-state index is 0.0471. The van der Waals surface area contributed by atoms with E-state index in [2.05, 4.69) is 26.6 Å². The molecule has 41 heavy (non-hydrogen) atoms. The van der Waals surface area contributed by atoms with E-state index in [1.165, 1.54) is 0 Å². The number of para-hydroxylation sites is 1. The fraction of sp³-hybridized carbons (Fsp3) is 0. The summed E-state index contributed by atoms with van der Waals surface area (Å²) >= 11 is 0. The van der Waals surface area contributed by atoms with Crippen LogP contribution >= 0.6 is 0 Å². The lowest BCUT2D eigenvalue weighted by atomic mass is 9.98. The number of anilines is 3. The Balaban J connectivity index is 1.36. The lowest BCUT2D eigenvalue weighted by Gasteiger charge is -2.19. The highest BCUT2D eigenvalue weighted by atomic mass is 16.2. The van der Waals surface area contributed by atoms with E-state index in [1.807, 2.05) is 121 Å². The Hall–Kier alpha value is -6.07. The van der Waals surface area contributed by atoms with E-state index in [-0.39, 0.29) is 17.6 Å². The number of hydrazone groups is 1. The fourth-order valence-electron chi connectivity index (χ4n) is 4.57. The van der Waals surface area contributed by atoms with Gasteiger partial charge in [-0.15, -0.1) is 5.10 Å². The Morgan fingerprint density at radius 3 is 2.02 bits per heavy atom. The second-order valence-corrected chi connectivity index (χ2v) is 9.20. The smallest absolute Gasteiger partial charge is 0.303 e. The maximum Gasteiger partial charge on any atom is 0.303 e. The molecule has 1 aromatic heterocycles. The van der Waals surface area contributed by atoms with Crippen molar-refractivity contribution in [2.75, 3.05) is 16.1 Å². The molecule has 0 atom stereocenters. The summed E-state index contributed by atoms with van der Waals surface area (Å²) in [7, 11) is 0. The van der Waals surface area contributed by atoms with Gasteiger partial charge in [0.15, 0.2) is 0 Å². The number of amidine groups is 2. The maximum atomic E-state index is 13.6. The van der Waals surface area contributed by atoms with Crippen LogP contribution in [0.3, 0.4) is 0 Å². The van der Waals surface area contributed by atoms with Gasteiger partial charge < -0.3 is 5.73 Å². The third-order valence-corrected chi connectivity index (χ3v) is 6.58. The molecule has 0 radical (unpaired) electrons. The number of nitrogen functional groups attached to an aromatic ring is 1. The molecule has 196 valence electrons. The van der Waals surface area contributed by atoms with Crippen molar-refractivity contribution < 1.29 is 4.79 Å². The average molecular weight is 534 g/mol. The van der Waals surface area contributed by atoms with Crippen LogP contribution in [-0.2, 0) is 4.79 Å². The monoisotopic (exact) mass is 533 g/mol. The molecule has 0 spiro atoms. The molecule has 2 heterocycles. The number of carbonyl (C=O) groups excluding carboxylic acids is 1. The summed E-state index contributed by atoms with van der Waals surface area (Å²) in [6.45, 7) is 0. The standard InChI is InChI=1S/C33H23N7O/c34-21-28-27(22-10-4-1-5-11-22)20-29(36-30(28)35)23-16-18-26(19-17-23)40-32(24-12-6-2-7-13-24)37-31(33(40)41)39-38-25-14-8-3-9-15-25/h1-20,38H,(H2,35,36)/b39-31-. The number of nitrogens with one attached hydrogen (secondary N) is 1. The minimum atomic E-state index is -0.354. The van der Waals surface area contributed by atoms with Gasteiger partial charge in [-0.25, -0.2) is 9.98 Å². The number of rotatable bonds is 6. The quantitative estimate of drug-likeness (QED) is 0.256. The van der Waals surface area contributed by atoms with Crippen LogP contribution in [0.5, 0.6) is 0 Å². The predicted octanol–water partition coefficient (Wildman–Crippen LogP) is 6.09. The molecular formula is C33H23N7O. The van der Waals surface area contributed by atoms with E-state index in [0.29, 0.717) is 28.3 Å². The van der Waals surface area contributed by atoms with E-state index in [4.69, 9.17) is 5.73 Å². The van der Waals surface area contributed by atoms with Gasteiger partial charge in [0.05, 0.1) is 17.1 Å². The molecule has 8 heteroatoms. The minimum Gasteiger partial charge on any atom is -0.383 e. The highest BCUT2D eigenvalue weighted by molar-refractivity contribution is 6.55. The molecule has 0 aliphatic carbocycles. The number of amides is 1. The topological polar surface area (TPSA) is 120 Å². The zero-order valence-electron chi connectivity index (χ0n) is 21.8. The first-order valence-electron chi connectivity index (χ1n) is 12.9. The van der Waals surface area contributed by atoms with Gasteiger partial charge in [-0.1, -0.05) is 91.0 Å². The summed E-state index contributed by atoms with van der Waals surface area (Å²) < 4.78 is 0. The number of aromatic nitrogens is 1. The summed E-state index contributed by atoms with van der Waals surface area (Å²) in [6, 6.07) is 39.9. The second-order valence-electron chi connectivity index (χ2n) is 9.20. The van der Waals surface area contributed by atoms with Crippen LogP contribution in [0, 0.1) is 11.3 Å². The fourth-order valence-corrected chi connectivity index (χ4v) is 4.57. The Kier molecular flexibility index (Phi) is 6.74. The predicted molar refractivity (Wildman–Crippen MR) is 162 cm³/mol. The number of pyridine rings is 1. The second kappa shape index (κ2) is 11.0. The zero-order chi connectivity index (χ0) is 28.2. The molecular weight excluding hydrogens is 510 g/mol. The largest absolute Gasteiger partial charge is 0.383 e. The number of hydrogen-bond donors (Lipinski definition) is 2. The van der Waals surface area contributed by atoms with Gasteiger partial charge in [-0.3, -0.25) is 15.1 Å². The molecule has 4 aromatic carbocycles. The summed E-state index contributed by atoms with van der Waals surface area (Å²) in [4.78, 5) is 24.2. The number of nitrogens with two attached hydrogens (primary N) is 1. The average Bonchev–Trinajstić information content (AvgIpc) is 3.36. The number of hydrogen-bond acceptors (Lipinski definition) is 6. The van der Waals surface area contributed by atoms with Crippen molar-refractivity contribution in [3.63, 3.8) is 0 Å². The summed E-state index contributed by atoms with van der Waals surface area (Å²) in [6.07, 6.45) is 0. The van der Waals surface area contributed by atoms with Crippen molar-refractivity contribution >= 4 is 34.8 Å². The van der Waals surface area contributed by atoms with E-state index < -0.39 is 0 Å². The van der Waals surface area contributed by atoms with Gasteiger partial charge in [0.1, 0.15) is 23.3 Å². The molecule has 0 fully saturated rings. The van der Waals surface area contributed by atoms with E-state index in [9.17, 15) is 10.1 Å². The number of carbonyl (C=O) groups is 1. The van der Waals surface area contributed by atoms with Crippen molar-refractivity contribution in [2.45, 2.75) is 0 Å². The van der Waals surface area contributed by atoms with Crippen molar-refractivity contribution in [3.8, 4) is 28.5 Å². The Labute approximate surface area is 236 Å². The molecule has 5 aromatic rings. The summed E-state index contributed by atoms with van der Waals surface area (Å²) in [5.74, 6) is 0.329. The lowest BCUT2D eigenvalue weighted by molar-refractivity contribution is -0.111. The Morgan fingerprint density at radius 2 is 1.39 bits per heavy atom. The number of aliphatic imine (C=N–C) groups is 1. The molecule has 0 saturated carbocycles. The SMILES string of the molecule is N#Cc1c(-c2ccccc2)cc(-c2ccc(N3C(=O)/C(=N/Nc4ccccc4)N=C3c3ccccc3)cc2)nc1N. The normalized spacial score (nSPS) is 13.6. The molecule has 3 N–H and O–H groups in total. The Morgan fingerprint density at radius 1 is 0.780 bits per heavy atom. The summed E-state index contributed by atoms with van der Waals surface area (Å²) in [5, 5.41) is 14.0. The highest BCUT2D eigenvalue weighted by Gasteiger charge is 2.34. The van der Waals surface area contributed by atoms with Crippen molar-refractivity contribution in [1.29, 1.82) is 5.26 Å². The van der Waals surface area contributed by atoms with Crippen LogP contribution < -0.4 is 16.1 Å². The van der Waals surface area contributed by atoms with Gasteiger partial charge in [-0.2, -0.15) is 5.26 Å². The van der Waals surface area contributed by atoms with Crippen LogP contribution in [-0.4, -0.2) is 22.6 Å². The van der Waals surface area contributed by atoms with Crippen LogP contribution in [0.1, 0.15) is 11.1 Å². The van der Waals surface area contributed by atoms with E-state index in [1.54, 1.807) is 4.90 Å². The van der Waals surface area contributed by atoms with Crippen molar-refractivity contribution in [3.05, 3.63) is 132 Å². The first kappa shape index (κ1) is 25.2. The van der Waals surface area contributed by atoms with Crippen LogP contribution in [0.15, 0.2) is 131 Å². The third-order valence-electron chi connectivity index (χ3n) is 6.58. The number of nitrogens with zero attached hydrogens (tertiary/aromatic N) is 5. The van der Waals surface area contributed by atoms with Crippen LogP contribution in [0.25, 0.3) is 22.4 Å². The molecule has 1 aliphatic rings. The van der Waals surface area contributed by atoms with Gasteiger partial charge in [0.25, 0.3) is 0 Å². The zero-order valence-corrected chi connectivity index (χ0v) is 21.8. The number of nitriles is 1. The first-order valence-corrected chi connectivity index (χ1v) is 12.9. The Bertz CT molecular complexity index is 1830. The first-order chi connectivity index (χ1) is 20.1.